The van der Waals surface area contributed by atoms with E-state index in [4.69, 9.17) is 10.8 Å². The van der Waals surface area contributed by atoms with E-state index in [1.165, 1.54) is 4.31 Å². The molecule has 0 spiro atoms. The van der Waals surface area contributed by atoms with Gasteiger partial charge in [-0.2, -0.15) is 4.31 Å². The molecule has 0 unspecified atom stereocenters. The van der Waals surface area contributed by atoms with Crippen molar-refractivity contribution in [2.45, 2.75) is 6.92 Å². The van der Waals surface area contributed by atoms with Gasteiger partial charge in [-0.3, -0.25) is 0 Å². The van der Waals surface area contributed by atoms with Gasteiger partial charge in [-0.1, -0.05) is 6.92 Å². The normalized spacial score (nSPS) is 12.3. The van der Waals surface area contributed by atoms with E-state index in [0.717, 1.165) is 0 Å². The fraction of sp³-hybridized carbons (Fsp3) is 1.00. The molecule has 0 aromatic heterocycles. The summed E-state index contributed by atoms with van der Waals surface area (Å²) in [7, 11) is -3.24. The van der Waals surface area contributed by atoms with Crippen molar-refractivity contribution >= 4 is 10.0 Å². The van der Waals surface area contributed by atoms with E-state index >= 15 is 0 Å². The number of aliphatic hydroxyl groups excluding tert-OH is 1. The molecule has 0 aromatic rings. The minimum atomic E-state index is -3.24. The van der Waals surface area contributed by atoms with Gasteiger partial charge in [0.15, 0.2) is 0 Å². The number of hydrogen-bond donors (Lipinski definition) is 2. The van der Waals surface area contributed by atoms with Crippen molar-refractivity contribution in [3.05, 3.63) is 0 Å². The minimum Gasteiger partial charge on any atom is -0.395 e. The van der Waals surface area contributed by atoms with Gasteiger partial charge in [-0.05, 0) is 0 Å². The Balaban J connectivity index is 4.27. The lowest BCUT2D eigenvalue weighted by molar-refractivity contribution is 0.257. The highest BCUT2D eigenvalue weighted by Crippen LogP contribution is 1.98. The zero-order valence-electron chi connectivity index (χ0n) is 7.23. The molecule has 0 bridgehead atoms. The average Bonchev–Trinajstić information content (AvgIpc) is 1.99. The lowest BCUT2D eigenvalue weighted by Gasteiger charge is -2.18. The predicted molar refractivity (Wildman–Crippen MR) is 47.2 cm³/mol. The Bertz CT molecular complexity index is 203. The van der Waals surface area contributed by atoms with Gasteiger partial charge in [0.25, 0.3) is 0 Å². The van der Waals surface area contributed by atoms with Gasteiger partial charge in [-0.25, -0.2) is 8.42 Å². The van der Waals surface area contributed by atoms with Crippen LogP contribution in [0.25, 0.3) is 0 Å². The molecule has 0 amide bonds. The average molecular weight is 196 g/mol. The number of likely N-dealkylation sites (N-methyl/N-ethyl adjacent to an activating group) is 1. The third kappa shape index (κ3) is 3.48. The molecule has 0 heterocycles. The van der Waals surface area contributed by atoms with Gasteiger partial charge in [0.1, 0.15) is 0 Å². The van der Waals surface area contributed by atoms with Crippen LogP contribution in [0.5, 0.6) is 0 Å². The van der Waals surface area contributed by atoms with Gasteiger partial charge in [-0.15, -0.1) is 0 Å². The van der Waals surface area contributed by atoms with Crippen LogP contribution in [0.3, 0.4) is 0 Å². The fourth-order valence-corrected chi connectivity index (χ4v) is 2.19. The van der Waals surface area contributed by atoms with Crippen LogP contribution in [0, 0.1) is 0 Å². The van der Waals surface area contributed by atoms with Gasteiger partial charge >= 0.3 is 0 Å². The Morgan fingerprint density at radius 1 is 1.50 bits per heavy atom. The molecular weight excluding hydrogens is 180 g/mol. The Kier molecular flexibility index (Phi) is 5.39. The maximum Gasteiger partial charge on any atom is 0.215 e. The smallest absolute Gasteiger partial charge is 0.215 e. The summed E-state index contributed by atoms with van der Waals surface area (Å²) in [5.74, 6) is -0.0547. The molecule has 0 fully saturated rings. The Morgan fingerprint density at radius 3 is 2.42 bits per heavy atom. The largest absolute Gasteiger partial charge is 0.395 e. The van der Waals surface area contributed by atoms with Gasteiger partial charge in [0, 0.05) is 19.6 Å². The van der Waals surface area contributed by atoms with Crippen molar-refractivity contribution < 1.29 is 13.5 Å². The molecule has 0 rings (SSSR count). The van der Waals surface area contributed by atoms with E-state index in [0.29, 0.717) is 6.54 Å². The first kappa shape index (κ1) is 11.8. The summed E-state index contributed by atoms with van der Waals surface area (Å²) >= 11 is 0. The third-order valence-electron chi connectivity index (χ3n) is 1.47. The number of nitrogens with two attached hydrogens (primary N) is 1. The summed E-state index contributed by atoms with van der Waals surface area (Å²) in [4.78, 5) is 0. The number of sulfonamides is 1. The van der Waals surface area contributed by atoms with Crippen LogP contribution >= 0.6 is 0 Å². The lowest BCUT2D eigenvalue weighted by Crippen LogP contribution is -2.36. The Morgan fingerprint density at radius 2 is 2.08 bits per heavy atom. The van der Waals surface area contributed by atoms with E-state index < -0.39 is 10.0 Å². The van der Waals surface area contributed by atoms with E-state index in [-0.39, 0.29) is 25.4 Å². The third-order valence-corrected chi connectivity index (χ3v) is 3.45. The number of aliphatic hydroxyl groups is 1. The van der Waals surface area contributed by atoms with Crippen LogP contribution in [-0.2, 0) is 10.0 Å². The summed E-state index contributed by atoms with van der Waals surface area (Å²) in [6, 6.07) is 0. The molecule has 6 heteroatoms. The summed E-state index contributed by atoms with van der Waals surface area (Å²) in [5.41, 5.74) is 5.13. The van der Waals surface area contributed by atoms with Crippen LogP contribution < -0.4 is 5.73 Å². The van der Waals surface area contributed by atoms with E-state index in [9.17, 15) is 8.42 Å². The molecule has 0 aromatic carbocycles. The van der Waals surface area contributed by atoms with Crippen LogP contribution in [0.15, 0.2) is 0 Å². The molecule has 74 valence electrons. The number of hydrogen-bond acceptors (Lipinski definition) is 4. The number of nitrogens with zero attached hydrogens (tertiary/aromatic N) is 1. The molecule has 0 saturated heterocycles. The zero-order chi connectivity index (χ0) is 9.61. The summed E-state index contributed by atoms with van der Waals surface area (Å²) in [5, 5.41) is 8.56. The Hall–Kier alpha value is -0.170. The van der Waals surface area contributed by atoms with Gasteiger partial charge < -0.3 is 10.8 Å². The maximum absolute atomic E-state index is 11.3. The van der Waals surface area contributed by atoms with Crippen LogP contribution in [-0.4, -0.2) is 49.8 Å². The molecule has 0 aliphatic rings. The van der Waals surface area contributed by atoms with Crippen molar-refractivity contribution in [2.24, 2.45) is 5.73 Å². The molecule has 0 aliphatic carbocycles. The highest BCUT2D eigenvalue weighted by Gasteiger charge is 2.17. The number of rotatable bonds is 6. The minimum absolute atomic E-state index is 0.0547. The molecule has 5 nitrogen and oxygen atoms in total. The molecule has 0 atom stereocenters. The van der Waals surface area contributed by atoms with Crippen LogP contribution in [0.1, 0.15) is 6.92 Å². The quantitative estimate of drug-likeness (QED) is 0.546. The summed E-state index contributed by atoms with van der Waals surface area (Å²) < 4.78 is 23.8. The van der Waals surface area contributed by atoms with Gasteiger partial charge in [0.2, 0.25) is 10.0 Å². The second kappa shape index (κ2) is 5.47. The first-order valence-corrected chi connectivity index (χ1v) is 5.48. The summed E-state index contributed by atoms with van der Waals surface area (Å²) in [6.07, 6.45) is 0. The van der Waals surface area contributed by atoms with Crippen LogP contribution in [0.4, 0.5) is 0 Å². The highest BCUT2D eigenvalue weighted by atomic mass is 32.2. The summed E-state index contributed by atoms with van der Waals surface area (Å²) in [6.45, 7) is 2.22. The molecular formula is C6H16N2O3S. The van der Waals surface area contributed by atoms with Crippen molar-refractivity contribution in [3.63, 3.8) is 0 Å². The SMILES string of the molecule is CCN(CCO)S(=O)(=O)CCN. The van der Waals surface area contributed by atoms with Crippen LogP contribution in [0.2, 0.25) is 0 Å². The highest BCUT2D eigenvalue weighted by molar-refractivity contribution is 7.89. The molecule has 3 N–H and O–H groups in total. The first-order chi connectivity index (χ1) is 5.58. The topological polar surface area (TPSA) is 83.6 Å². The maximum atomic E-state index is 11.3. The molecule has 0 aliphatic heterocycles. The van der Waals surface area contributed by atoms with Gasteiger partial charge in [0.05, 0.1) is 12.4 Å². The van der Waals surface area contributed by atoms with E-state index in [1.807, 2.05) is 0 Å². The van der Waals surface area contributed by atoms with Crippen molar-refractivity contribution in [2.75, 3.05) is 32.0 Å². The van der Waals surface area contributed by atoms with Crippen molar-refractivity contribution in [1.82, 2.24) is 4.31 Å². The standard InChI is InChI=1S/C6H16N2O3S/c1-2-8(4-5-9)12(10,11)6-3-7/h9H,2-7H2,1H3. The van der Waals surface area contributed by atoms with Crippen molar-refractivity contribution in [3.8, 4) is 0 Å². The molecule has 12 heavy (non-hydrogen) atoms. The zero-order valence-corrected chi connectivity index (χ0v) is 8.05. The van der Waals surface area contributed by atoms with E-state index in [2.05, 4.69) is 0 Å². The van der Waals surface area contributed by atoms with Crippen molar-refractivity contribution in [1.29, 1.82) is 0 Å². The lowest BCUT2D eigenvalue weighted by atomic mass is 10.6. The second-order valence-electron chi connectivity index (χ2n) is 2.32. The monoisotopic (exact) mass is 196 g/mol. The van der Waals surface area contributed by atoms with E-state index in [1.54, 1.807) is 6.92 Å². The molecule has 0 radical (unpaired) electrons. The fourth-order valence-electron chi connectivity index (χ4n) is 0.883. The predicted octanol–water partition coefficient (Wildman–Crippen LogP) is -1.41. The first-order valence-electron chi connectivity index (χ1n) is 3.87. The molecule has 0 saturated carbocycles. The second-order valence-corrected chi connectivity index (χ2v) is 4.41. The Labute approximate surface area is 73.2 Å².